The second kappa shape index (κ2) is 9.25. The van der Waals surface area contributed by atoms with Crippen molar-refractivity contribution in [3.8, 4) is 0 Å². The summed E-state index contributed by atoms with van der Waals surface area (Å²) in [6.45, 7) is 4.92. The van der Waals surface area contributed by atoms with Crippen LogP contribution < -0.4 is 5.73 Å². The van der Waals surface area contributed by atoms with Crippen LogP contribution in [-0.4, -0.2) is 34.0 Å². The lowest BCUT2D eigenvalue weighted by atomic mass is 9.81. The van der Waals surface area contributed by atoms with E-state index in [0.717, 1.165) is 29.7 Å². The SMILES string of the molecule is CCC(CC)(CN)C(=O)N(C)Cc1nc2ccccc2n1C.Cl.Cl. The number of carbonyl (C=O) groups is 1. The summed E-state index contributed by atoms with van der Waals surface area (Å²) in [5.74, 6) is 0.988. The average Bonchev–Trinajstić information content (AvgIpc) is 2.86. The van der Waals surface area contributed by atoms with Crippen LogP contribution in [0.4, 0.5) is 0 Å². The smallest absolute Gasteiger partial charge is 0.230 e. The van der Waals surface area contributed by atoms with Gasteiger partial charge in [0.25, 0.3) is 0 Å². The second-order valence-corrected chi connectivity index (χ2v) is 5.93. The number of nitrogens with zero attached hydrogens (tertiary/aromatic N) is 3. The summed E-state index contributed by atoms with van der Waals surface area (Å²) < 4.78 is 2.04. The van der Waals surface area contributed by atoms with Crippen molar-refractivity contribution in [2.45, 2.75) is 33.2 Å². The monoisotopic (exact) mass is 374 g/mol. The van der Waals surface area contributed by atoms with Crippen LogP contribution in [0.15, 0.2) is 24.3 Å². The van der Waals surface area contributed by atoms with Crippen LogP contribution in [0.3, 0.4) is 0 Å². The number of carbonyl (C=O) groups excluding carboxylic acids is 1. The molecule has 1 aromatic heterocycles. The minimum absolute atomic E-state index is 0. The van der Waals surface area contributed by atoms with Crippen LogP contribution in [0.2, 0.25) is 0 Å². The molecule has 0 saturated carbocycles. The van der Waals surface area contributed by atoms with Crippen LogP contribution in [0.1, 0.15) is 32.5 Å². The van der Waals surface area contributed by atoms with Crippen LogP contribution in [0.5, 0.6) is 0 Å². The zero-order chi connectivity index (χ0) is 16.3. The molecule has 0 aliphatic carbocycles. The number of hydrogen-bond acceptors (Lipinski definition) is 3. The number of halogens is 2. The van der Waals surface area contributed by atoms with Gasteiger partial charge in [-0.2, -0.15) is 0 Å². The van der Waals surface area contributed by atoms with Crippen molar-refractivity contribution in [3.63, 3.8) is 0 Å². The van der Waals surface area contributed by atoms with E-state index in [1.807, 2.05) is 56.8 Å². The van der Waals surface area contributed by atoms with Crippen LogP contribution in [-0.2, 0) is 18.4 Å². The second-order valence-electron chi connectivity index (χ2n) is 5.93. The summed E-state index contributed by atoms with van der Waals surface area (Å²) >= 11 is 0. The highest BCUT2D eigenvalue weighted by molar-refractivity contribution is 5.85. The predicted octanol–water partition coefficient (Wildman–Crippen LogP) is 3.14. The fourth-order valence-electron chi connectivity index (χ4n) is 2.95. The lowest BCUT2D eigenvalue weighted by molar-refractivity contribution is -0.141. The molecule has 2 aromatic rings. The molecule has 136 valence electrons. The number of fused-ring (bicyclic) bond motifs is 1. The van der Waals surface area contributed by atoms with Crippen LogP contribution >= 0.6 is 24.8 Å². The van der Waals surface area contributed by atoms with Gasteiger partial charge in [-0.15, -0.1) is 24.8 Å². The number of amides is 1. The van der Waals surface area contributed by atoms with E-state index in [1.165, 1.54) is 0 Å². The molecule has 0 radical (unpaired) electrons. The minimum atomic E-state index is -0.459. The topological polar surface area (TPSA) is 64.2 Å². The summed E-state index contributed by atoms with van der Waals surface area (Å²) in [7, 11) is 3.82. The van der Waals surface area contributed by atoms with Crippen molar-refractivity contribution in [1.29, 1.82) is 0 Å². The zero-order valence-corrected chi connectivity index (χ0v) is 16.4. The van der Waals surface area contributed by atoms with Gasteiger partial charge in [0, 0.05) is 20.6 Å². The summed E-state index contributed by atoms with van der Waals surface area (Å²) in [5.41, 5.74) is 7.46. The molecule has 0 unspecified atom stereocenters. The van der Waals surface area contributed by atoms with E-state index >= 15 is 0 Å². The van der Waals surface area contributed by atoms with Gasteiger partial charge in [0.05, 0.1) is 23.0 Å². The Morgan fingerprint density at radius 3 is 2.33 bits per heavy atom. The lowest BCUT2D eigenvalue weighted by Gasteiger charge is -2.33. The van der Waals surface area contributed by atoms with Crippen molar-refractivity contribution >= 4 is 41.8 Å². The van der Waals surface area contributed by atoms with E-state index in [1.54, 1.807) is 4.90 Å². The molecule has 1 heterocycles. The summed E-state index contributed by atoms with van der Waals surface area (Å²) in [6, 6.07) is 8.00. The summed E-state index contributed by atoms with van der Waals surface area (Å²) in [4.78, 5) is 19.2. The van der Waals surface area contributed by atoms with Crippen LogP contribution in [0, 0.1) is 5.41 Å². The Hall–Kier alpha value is -1.30. The maximum Gasteiger partial charge on any atom is 0.230 e. The van der Waals surface area contributed by atoms with E-state index in [4.69, 9.17) is 5.73 Å². The van der Waals surface area contributed by atoms with E-state index in [-0.39, 0.29) is 30.7 Å². The fraction of sp³-hybridized carbons (Fsp3) is 0.529. The van der Waals surface area contributed by atoms with Gasteiger partial charge in [-0.3, -0.25) is 4.79 Å². The normalized spacial score (nSPS) is 10.9. The van der Waals surface area contributed by atoms with E-state index in [9.17, 15) is 4.79 Å². The quantitative estimate of drug-likeness (QED) is 0.844. The number of para-hydroxylation sites is 2. The number of imidazole rings is 1. The number of aryl methyl sites for hydroxylation is 1. The lowest BCUT2D eigenvalue weighted by Crippen LogP contribution is -2.46. The van der Waals surface area contributed by atoms with Gasteiger partial charge in [0.2, 0.25) is 5.91 Å². The molecular weight excluding hydrogens is 347 g/mol. The number of hydrogen-bond donors (Lipinski definition) is 1. The van der Waals surface area contributed by atoms with Crippen molar-refractivity contribution in [1.82, 2.24) is 14.5 Å². The van der Waals surface area contributed by atoms with Gasteiger partial charge >= 0.3 is 0 Å². The Labute approximate surface area is 156 Å². The molecule has 0 atom stereocenters. The first kappa shape index (κ1) is 22.7. The maximum absolute atomic E-state index is 12.8. The Morgan fingerprint density at radius 1 is 1.25 bits per heavy atom. The standard InChI is InChI=1S/C17H26N4O.2ClH/c1-5-17(6-2,12-18)16(22)20(3)11-15-19-13-9-7-8-10-14(13)21(15)4;;/h7-10H,5-6,11-12,18H2,1-4H3;2*1H. The fourth-order valence-corrected chi connectivity index (χ4v) is 2.95. The first-order valence-electron chi connectivity index (χ1n) is 7.85. The molecule has 0 spiro atoms. The Kier molecular flexibility index (Phi) is 8.75. The van der Waals surface area contributed by atoms with Gasteiger partial charge in [0.15, 0.2) is 0 Å². The molecule has 7 heteroatoms. The highest BCUT2D eigenvalue weighted by Gasteiger charge is 2.35. The van der Waals surface area contributed by atoms with Gasteiger partial charge < -0.3 is 15.2 Å². The molecular formula is C17H28Cl2N4O. The molecule has 0 fully saturated rings. The number of benzene rings is 1. The van der Waals surface area contributed by atoms with Crippen LogP contribution in [0.25, 0.3) is 11.0 Å². The van der Waals surface area contributed by atoms with E-state index in [2.05, 4.69) is 4.98 Å². The van der Waals surface area contributed by atoms with Crippen molar-refractivity contribution in [2.24, 2.45) is 18.2 Å². The number of rotatable bonds is 6. The largest absolute Gasteiger partial charge is 0.338 e. The third-order valence-corrected chi connectivity index (χ3v) is 4.80. The molecule has 1 amide bonds. The third-order valence-electron chi connectivity index (χ3n) is 4.80. The van der Waals surface area contributed by atoms with Gasteiger partial charge in [-0.1, -0.05) is 26.0 Å². The highest BCUT2D eigenvalue weighted by atomic mass is 35.5. The van der Waals surface area contributed by atoms with Crippen molar-refractivity contribution in [2.75, 3.05) is 13.6 Å². The van der Waals surface area contributed by atoms with Crippen molar-refractivity contribution in [3.05, 3.63) is 30.1 Å². The molecule has 0 bridgehead atoms. The molecule has 5 nitrogen and oxygen atoms in total. The molecule has 1 aromatic carbocycles. The Morgan fingerprint density at radius 2 is 1.83 bits per heavy atom. The molecule has 0 aliphatic rings. The number of aromatic nitrogens is 2. The van der Waals surface area contributed by atoms with Gasteiger partial charge in [0.1, 0.15) is 5.82 Å². The molecule has 2 N–H and O–H groups in total. The average molecular weight is 375 g/mol. The maximum atomic E-state index is 12.8. The summed E-state index contributed by atoms with van der Waals surface area (Å²) in [6.07, 6.45) is 1.51. The summed E-state index contributed by atoms with van der Waals surface area (Å²) in [5, 5.41) is 0. The highest BCUT2D eigenvalue weighted by Crippen LogP contribution is 2.28. The van der Waals surface area contributed by atoms with Gasteiger partial charge in [-0.25, -0.2) is 4.98 Å². The predicted molar refractivity (Wildman–Crippen MR) is 104 cm³/mol. The van der Waals surface area contributed by atoms with Gasteiger partial charge in [-0.05, 0) is 25.0 Å². The third kappa shape index (κ3) is 4.02. The molecule has 2 rings (SSSR count). The van der Waals surface area contributed by atoms with Crippen molar-refractivity contribution < 1.29 is 4.79 Å². The zero-order valence-electron chi connectivity index (χ0n) is 14.8. The molecule has 0 aliphatic heterocycles. The first-order chi connectivity index (χ1) is 10.5. The minimum Gasteiger partial charge on any atom is -0.338 e. The van der Waals surface area contributed by atoms with E-state index < -0.39 is 5.41 Å². The first-order valence-corrected chi connectivity index (χ1v) is 7.85. The Balaban J connectivity index is 0.00000264. The molecule has 0 saturated heterocycles. The van der Waals surface area contributed by atoms with E-state index in [0.29, 0.717) is 13.1 Å². The Bertz CT molecular complexity index is 659. The molecule has 24 heavy (non-hydrogen) atoms. The number of nitrogens with two attached hydrogens (primary N) is 1.